The summed E-state index contributed by atoms with van der Waals surface area (Å²) in [4.78, 5) is 5.93. The van der Waals surface area contributed by atoms with E-state index in [1.807, 2.05) is 30.0 Å². The fourth-order valence-corrected chi connectivity index (χ4v) is 3.97. The van der Waals surface area contributed by atoms with Crippen molar-refractivity contribution in [2.75, 3.05) is 26.0 Å². The predicted molar refractivity (Wildman–Crippen MR) is 121 cm³/mol. The number of benzene rings is 1. The van der Waals surface area contributed by atoms with Gasteiger partial charge in [0.15, 0.2) is 5.96 Å². The number of aliphatic imine (C=N–C) groups is 1. The molecule has 0 aliphatic rings. The van der Waals surface area contributed by atoms with Crippen molar-refractivity contribution in [2.24, 2.45) is 10.9 Å². The van der Waals surface area contributed by atoms with E-state index in [9.17, 15) is 0 Å². The van der Waals surface area contributed by atoms with Crippen molar-refractivity contribution in [3.63, 3.8) is 0 Å². The van der Waals surface area contributed by atoms with Gasteiger partial charge in [-0.2, -0.15) is 0 Å². The molecule has 1 heterocycles. The van der Waals surface area contributed by atoms with Crippen LogP contribution in [0.3, 0.4) is 0 Å². The number of nitrogens with one attached hydrogen (secondary N) is 2. The molecule has 0 spiro atoms. The van der Waals surface area contributed by atoms with Gasteiger partial charge in [-0.1, -0.05) is 38.1 Å². The number of aromatic nitrogens is 1. The largest absolute Gasteiger partial charge is 0.496 e. The summed E-state index contributed by atoms with van der Waals surface area (Å²) in [5, 5.41) is 11.0. The number of methoxy groups -OCH3 is 1. The summed E-state index contributed by atoms with van der Waals surface area (Å²) in [6.45, 7) is 10.7. The maximum atomic E-state index is 5.45. The molecular formula is C22H34N4O2S. The van der Waals surface area contributed by atoms with Crippen molar-refractivity contribution in [1.29, 1.82) is 0 Å². The molecule has 0 aliphatic carbocycles. The molecule has 0 bridgehead atoms. The van der Waals surface area contributed by atoms with Gasteiger partial charge >= 0.3 is 0 Å². The summed E-state index contributed by atoms with van der Waals surface area (Å²) in [6, 6.07) is 8.14. The second-order valence-corrected chi connectivity index (χ2v) is 7.94. The fraction of sp³-hybridized carbons (Fsp3) is 0.545. The summed E-state index contributed by atoms with van der Waals surface area (Å²) in [5.74, 6) is 4.16. The van der Waals surface area contributed by atoms with E-state index >= 15 is 0 Å². The number of ether oxygens (including phenoxy) is 1. The Hall–Kier alpha value is -2.15. The molecule has 2 N–H and O–H groups in total. The van der Waals surface area contributed by atoms with Crippen molar-refractivity contribution in [3.8, 4) is 5.75 Å². The van der Waals surface area contributed by atoms with Crippen LogP contribution in [-0.4, -0.2) is 37.1 Å². The molecule has 0 radical (unpaired) electrons. The van der Waals surface area contributed by atoms with Crippen LogP contribution in [0.15, 0.2) is 38.7 Å². The minimum Gasteiger partial charge on any atom is -0.496 e. The lowest BCUT2D eigenvalue weighted by Gasteiger charge is -2.16. The van der Waals surface area contributed by atoms with E-state index in [4.69, 9.17) is 14.3 Å². The standard InChI is InChI=1S/C22H34N4O2S/c1-6-18-17(19(7-2)28-26-18)14-25-22(23-8-3)24-13-16(4)15-29-21-12-10-9-11-20(21)27-5/h9-12,16H,6-8,13-15H2,1-5H3,(H2,23,24,25). The molecule has 2 aromatic rings. The fourth-order valence-electron chi connectivity index (χ4n) is 2.92. The molecule has 0 amide bonds. The van der Waals surface area contributed by atoms with Gasteiger partial charge < -0.3 is 19.9 Å². The molecule has 1 atom stereocenters. The molecular weight excluding hydrogens is 384 g/mol. The Labute approximate surface area is 178 Å². The summed E-state index contributed by atoms with van der Waals surface area (Å²) in [6.07, 6.45) is 1.69. The van der Waals surface area contributed by atoms with E-state index in [1.54, 1.807) is 7.11 Å². The van der Waals surface area contributed by atoms with Gasteiger partial charge in [-0.05, 0) is 31.4 Å². The smallest absolute Gasteiger partial charge is 0.191 e. The number of hydrogen-bond donors (Lipinski definition) is 2. The Kier molecular flexibility index (Phi) is 9.91. The third-order valence-corrected chi connectivity index (χ3v) is 5.94. The summed E-state index contributed by atoms with van der Waals surface area (Å²) in [7, 11) is 1.72. The summed E-state index contributed by atoms with van der Waals surface area (Å²) in [5.41, 5.74) is 2.12. The number of hydrogen-bond acceptors (Lipinski definition) is 5. The average Bonchev–Trinajstić information content (AvgIpc) is 3.16. The number of aryl methyl sites for hydroxylation is 2. The summed E-state index contributed by atoms with van der Waals surface area (Å²) < 4.78 is 10.9. The molecule has 7 heteroatoms. The SMILES string of the molecule is CCNC(=NCc1c(CC)noc1CC)NCC(C)CSc1ccccc1OC. The van der Waals surface area contributed by atoms with Crippen molar-refractivity contribution in [2.45, 2.75) is 52.0 Å². The van der Waals surface area contributed by atoms with Crippen molar-refractivity contribution in [1.82, 2.24) is 15.8 Å². The zero-order chi connectivity index (χ0) is 21.1. The Balaban J connectivity index is 1.91. The Bertz CT molecular complexity index is 754. The topological polar surface area (TPSA) is 71.7 Å². The van der Waals surface area contributed by atoms with E-state index in [1.165, 1.54) is 4.90 Å². The quantitative estimate of drug-likeness (QED) is 0.322. The number of guanidine groups is 1. The van der Waals surface area contributed by atoms with Crippen molar-refractivity contribution in [3.05, 3.63) is 41.3 Å². The van der Waals surface area contributed by atoms with Gasteiger partial charge in [-0.3, -0.25) is 0 Å². The van der Waals surface area contributed by atoms with E-state index in [0.717, 1.165) is 60.4 Å². The Morgan fingerprint density at radius 1 is 1.21 bits per heavy atom. The van der Waals surface area contributed by atoms with Gasteiger partial charge in [-0.15, -0.1) is 11.8 Å². The maximum Gasteiger partial charge on any atom is 0.191 e. The van der Waals surface area contributed by atoms with Crippen LogP contribution in [0.5, 0.6) is 5.75 Å². The monoisotopic (exact) mass is 418 g/mol. The molecule has 160 valence electrons. The van der Waals surface area contributed by atoms with Gasteiger partial charge in [0, 0.05) is 35.7 Å². The van der Waals surface area contributed by atoms with Gasteiger partial charge in [-0.25, -0.2) is 4.99 Å². The normalized spacial score (nSPS) is 12.7. The highest BCUT2D eigenvalue weighted by molar-refractivity contribution is 7.99. The van der Waals surface area contributed by atoms with Crippen LogP contribution in [0.2, 0.25) is 0 Å². The number of rotatable bonds is 11. The van der Waals surface area contributed by atoms with Crippen LogP contribution in [0.25, 0.3) is 0 Å². The molecule has 1 aromatic heterocycles. The molecule has 1 unspecified atom stereocenters. The molecule has 6 nitrogen and oxygen atoms in total. The lowest BCUT2D eigenvalue weighted by atomic mass is 10.1. The first-order chi connectivity index (χ1) is 14.1. The number of thioether (sulfide) groups is 1. The molecule has 0 saturated carbocycles. The highest BCUT2D eigenvalue weighted by atomic mass is 32.2. The van der Waals surface area contributed by atoms with Gasteiger partial charge in [0.05, 0.1) is 19.3 Å². The lowest BCUT2D eigenvalue weighted by Crippen LogP contribution is -2.39. The first-order valence-electron chi connectivity index (χ1n) is 10.4. The van der Waals surface area contributed by atoms with Crippen LogP contribution in [0, 0.1) is 5.92 Å². The zero-order valence-corrected chi connectivity index (χ0v) is 19.1. The van der Waals surface area contributed by atoms with Crippen molar-refractivity contribution < 1.29 is 9.26 Å². The Morgan fingerprint density at radius 3 is 2.69 bits per heavy atom. The van der Waals surface area contributed by atoms with E-state index in [-0.39, 0.29) is 0 Å². The van der Waals surface area contributed by atoms with E-state index in [2.05, 4.69) is 49.6 Å². The van der Waals surface area contributed by atoms with Crippen LogP contribution < -0.4 is 15.4 Å². The van der Waals surface area contributed by atoms with Crippen LogP contribution in [0.4, 0.5) is 0 Å². The highest BCUT2D eigenvalue weighted by Crippen LogP contribution is 2.29. The first kappa shape index (κ1) is 23.1. The summed E-state index contributed by atoms with van der Waals surface area (Å²) >= 11 is 1.82. The highest BCUT2D eigenvalue weighted by Gasteiger charge is 2.13. The zero-order valence-electron chi connectivity index (χ0n) is 18.2. The van der Waals surface area contributed by atoms with Crippen molar-refractivity contribution >= 4 is 17.7 Å². The van der Waals surface area contributed by atoms with E-state index in [0.29, 0.717) is 12.5 Å². The molecule has 0 saturated heterocycles. The van der Waals surface area contributed by atoms with Crippen LogP contribution in [0.1, 0.15) is 44.7 Å². The third kappa shape index (κ3) is 6.99. The predicted octanol–water partition coefficient (Wildman–Crippen LogP) is 4.29. The molecule has 1 aromatic carbocycles. The van der Waals surface area contributed by atoms with Crippen LogP contribution >= 0.6 is 11.8 Å². The number of nitrogens with zero attached hydrogens (tertiary/aromatic N) is 2. The van der Waals surface area contributed by atoms with Gasteiger partial charge in [0.1, 0.15) is 11.5 Å². The second-order valence-electron chi connectivity index (χ2n) is 6.88. The minimum atomic E-state index is 0.474. The van der Waals surface area contributed by atoms with E-state index < -0.39 is 0 Å². The molecule has 0 fully saturated rings. The maximum absolute atomic E-state index is 5.45. The molecule has 2 rings (SSSR count). The van der Waals surface area contributed by atoms with Gasteiger partial charge in [0.2, 0.25) is 0 Å². The molecule has 29 heavy (non-hydrogen) atoms. The van der Waals surface area contributed by atoms with Crippen LogP contribution in [-0.2, 0) is 19.4 Å². The third-order valence-electron chi connectivity index (χ3n) is 4.56. The Morgan fingerprint density at radius 2 is 2.00 bits per heavy atom. The minimum absolute atomic E-state index is 0.474. The number of para-hydroxylation sites is 1. The average molecular weight is 419 g/mol. The molecule has 0 aliphatic heterocycles. The van der Waals surface area contributed by atoms with Gasteiger partial charge in [0.25, 0.3) is 0 Å². The lowest BCUT2D eigenvalue weighted by molar-refractivity contribution is 0.380. The first-order valence-corrected chi connectivity index (χ1v) is 11.4. The second kappa shape index (κ2) is 12.4.